The van der Waals surface area contributed by atoms with E-state index in [0.29, 0.717) is 13.0 Å². The fourth-order valence-electron chi connectivity index (χ4n) is 1.62. The van der Waals surface area contributed by atoms with Crippen LogP contribution in [0.1, 0.15) is 19.3 Å². The predicted molar refractivity (Wildman–Crippen MR) is 51.3 cm³/mol. The number of carboxylic acid groups (broad SMARTS) is 1. The number of rotatable bonds is 2. The maximum Gasteiger partial charge on any atom is 0.326 e. The van der Waals surface area contributed by atoms with Gasteiger partial charge in [0.05, 0.1) is 0 Å². The summed E-state index contributed by atoms with van der Waals surface area (Å²) in [5, 5.41) is 26.1. The highest BCUT2D eigenvalue weighted by Gasteiger charge is 2.26. The molecule has 1 saturated heterocycles. The van der Waals surface area contributed by atoms with Crippen LogP contribution in [0.5, 0.6) is 0 Å². The Morgan fingerprint density at radius 3 is 2.60 bits per heavy atom. The molecule has 5 nitrogen and oxygen atoms in total. The second-order valence-corrected chi connectivity index (χ2v) is 3.35. The van der Waals surface area contributed by atoms with Gasteiger partial charge in [-0.15, -0.1) is 0 Å². The van der Waals surface area contributed by atoms with Crippen molar-refractivity contribution in [2.24, 2.45) is 0 Å². The van der Waals surface area contributed by atoms with E-state index >= 15 is 0 Å². The Kier molecular flexibility index (Phi) is 3.70. The molecule has 0 amide bonds. The van der Waals surface area contributed by atoms with Crippen molar-refractivity contribution >= 4 is 5.97 Å². The molecule has 0 aromatic carbocycles. The molecule has 1 atom stereocenters. The first kappa shape index (κ1) is 11.1. The SMILES string of the molecule is N#CC(C#N)=CN1CCCCC1C(=O)O. The van der Waals surface area contributed by atoms with Gasteiger partial charge in [0.25, 0.3) is 0 Å². The van der Waals surface area contributed by atoms with Crippen molar-refractivity contribution < 1.29 is 9.90 Å². The van der Waals surface area contributed by atoms with Crippen LogP contribution >= 0.6 is 0 Å². The van der Waals surface area contributed by atoms with E-state index in [0.717, 1.165) is 12.8 Å². The lowest BCUT2D eigenvalue weighted by Crippen LogP contribution is -2.41. The van der Waals surface area contributed by atoms with Crippen LogP contribution in [-0.2, 0) is 4.79 Å². The molecule has 0 bridgehead atoms. The van der Waals surface area contributed by atoms with E-state index in [1.54, 1.807) is 17.0 Å². The Labute approximate surface area is 87.8 Å². The first-order valence-corrected chi connectivity index (χ1v) is 4.69. The number of aliphatic carboxylic acids is 1. The molecule has 1 aliphatic heterocycles. The Bertz CT molecular complexity index is 346. The van der Waals surface area contributed by atoms with E-state index in [1.807, 2.05) is 0 Å². The van der Waals surface area contributed by atoms with Crippen LogP contribution in [-0.4, -0.2) is 28.6 Å². The lowest BCUT2D eigenvalue weighted by atomic mass is 10.0. The molecule has 0 aromatic heterocycles. The molecular formula is C10H11N3O2. The van der Waals surface area contributed by atoms with Crippen molar-refractivity contribution in [1.82, 2.24) is 4.90 Å². The van der Waals surface area contributed by atoms with Crippen LogP contribution in [0.25, 0.3) is 0 Å². The maximum absolute atomic E-state index is 10.9. The molecular weight excluding hydrogens is 194 g/mol. The Morgan fingerprint density at radius 2 is 2.07 bits per heavy atom. The summed E-state index contributed by atoms with van der Waals surface area (Å²) >= 11 is 0. The van der Waals surface area contributed by atoms with Crippen molar-refractivity contribution in [2.75, 3.05) is 6.54 Å². The third-order valence-corrected chi connectivity index (χ3v) is 2.37. The third kappa shape index (κ3) is 2.72. The number of piperidine rings is 1. The molecule has 0 aromatic rings. The number of carbonyl (C=O) groups is 1. The number of likely N-dealkylation sites (tertiary alicyclic amines) is 1. The first-order chi connectivity index (χ1) is 7.19. The molecule has 0 radical (unpaired) electrons. The van der Waals surface area contributed by atoms with E-state index in [2.05, 4.69) is 0 Å². The summed E-state index contributed by atoms with van der Waals surface area (Å²) in [7, 11) is 0. The van der Waals surface area contributed by atoms with Crippen molar-refractivity contribution in [3.8, 4) is 12.1 Å². The molecule has 0 aliphatic carbocycles. The number of carboxylic acids is 1. The fraction of sp³-hybridized carbons (Fsp3) is 0.500. The van der Waals surface area contributed by atoms with E-state index in [-0.39, 0.29) is 5.57 Å². The minimum Gasteiger partial charge on any atom is -0.480 e. The largest absolute Gasteiger partial charge is 0.480 e. The summed E-state index contributed by atoms with van der Waals surface area (Å²) in [5.41, 5.74) is -0.0526. The van der Waals surface area contributed by atoms with Gasteiger partial charge in [0, 0.05) is 12.7 Å². The molecule has 1 rings (SSSR count). The fourth-order valence-corrected chi connectivity index (χ4v) is 1.62. The summed E-state index contributed by atoms with van der Waals surface area (Å²) < 4.78 is 0. The Balaban J connectivity index is 2.83. The number of allylic oxidation sites excluding steroid dienone is 1. The molecule has 15 heavy (non-hydrogen) atoms. The quantitative estimate of drug-likeness (QED) is 0.675. The number of nitrogens with zero attached hydrogens (tertiary/aromatic N) is 3. The highest BCUT2D eigenvalue weighted by molar-refractivity contribution is 5.73. The molecule has 1 unspecified atom stereocenters. The van der Waals surface area contributed by atoms with E-state index in [4.69, 9.17) is 15.6 Å². The van der Waals surface area contributed by atoms with Crippen LogP contribution in [0.15, 0.2) is 11.8 Å². The molecule has 78 valence electrons. The van der Waals surface area contributed by atoms with E-state index in [1.165, 1.54) is 6.20 Å². The maximum atomic E-state index is 10.9. The van der Waals surface area contributed by atoms with Gasteiger partial charge in [0.2, 0.25) is 0 Å². The van der Waals surface area contributed by atoms with Crippen LogP contribution in [0.2, 0.25) is 0 Å². The molecule has 0 saturated carbocycles. The average molecular weight is 205 g/mol. The molecule has 5 heteroatoms. The second kappa shape index (κ2) is 5.02. The highest BCUT2D eigenvalue weighted by atomic mass is 16.4. The summed E-state index contributed by atoms with van der Waals surface area (Å²) in [4.78, 5) is 12.4. The number of hydrogen-bond donors (Lipinski definition) is 1. The van der Waals surface area contributed by atoms with Gasteiger partial charge >= 0.3 is 5.97 Å². The van der Waals surface area contributed by atoms with Crippen LogP contribution in [0.3, 0.4) is 0 Å². The van der Waals surface area contributed by atoms with Crippen molar-refractivity contribution in [1.29, 1.82) is 10.5 Å². The van der Waals surface area contributed by atoms with Crippen molar-refractivity contribution in [3.05, 3.63) is 11.8 Å². The van der Waals surface area contributed by atoms with Crippen molar-refractivity contribution in [3.63, 3.8) is 0 Å². The zero-order valence-electron chi connectivity index (χ0n) is 8.18. The summed E-state index contributed by atoms with van der Waals surface area (Å²) in [5.74, 6) is -0.902. The molecule has 1 N–H and O–H groups in total. The lowest BCUT2D eigenvalue weighted by Gasteiger charge is -2.31. The lowest BCUT2D eigenvalue weighted by molar-refractivity contribution is -0.143. The first-order valence-electron chi connectivity index (χ1n) is 4.69. The molecule has 1 heterocycles. The van der Waals surface area contributed by atoms with Gasteiger partial charge in [-0.25, -0.2) is 4.79 Å². The standard InChI is InChI=1S/C10H11N3O2/c11-5-8(6-12)7-13-4-2-1-3-9(13)10(14)15/h7,9H,1-4H2,(H,14,15). The van der Waals surface area contributed by atoms with Gasteiger partial charge < -0.3 is 10.0 Å². The minimum absolute atomic E-state index is 0.0526. The summed E-state index contributed by atoms with van der Waals surface area (Å²) in [6.45, 7) is 0.587. The smallest absolute Gasteiger partial charge is 0.326 e. The van der Waals surface area contributed by atoms with Gasteiger partial charge in [-0.1, -0.05) is 0 Å². The van der Waals surface area contributed by atoms with Crippen LogP contribution in [0.4, 0.5) is 0 Å². The molecule has 0 spiro atoms. The van der Waals surface area contributed by atoms with Gasteiger partial charge in [-0.2, -0.15) is 10.5 Å². The van der Waals surface area contributed by atoms with Crippen LogP contribution < -0.4 is 0 Å². The predicted octanol–water partition coefficient (Wildman–Crippen LogP) is 0.857. The second-order valence-electron chi connectivity index (χ2n) is 3.35. The van der Waals surface area contributed by atoms with Gasteiger partial charge in [0.15, 0.2) is 0 Å². The summed E-state index contributed by atoms with van der Waals surface area (Å²) in [6, 6.07) is 2.85. The Morgan fingerprint density at radius 1 is 1.40 bits per heavy atom. The average Bonchev–Trinajstić information content (AvgIpc) is 2.26. The zero-order valence-corrected chi connectivity index (χ0v) is 8.18. The number of hydrogen-bond acceptors (Lipinski definition) is 4. The highest BCUT2D eigenvalue weighted by Crippen LogP contribution is 2.18. The minimum atomic E-state index is -0.902. The van der Waals surface area contributed by atoms with E-state index in [9.17, 15) is 4.79 Å². The van der Waals surface area contributed by atoms with Gasteiger partial charge in [-0.05, 0) is 19.3 Å². The zero-order chi connectivity index (χ0) is 11.3. The van der Waals surface area contributed by atoms with Gasteiger partial charge in [0.1, 0.15) is 23.8 Å². The summed E-state index contributed by atoms with van der Waals surface area (Å²) in [6.07, 6.45) is 3.67. The topological polar surface area (TPSA) is 88.1 Å². The van der Waals surface area contributed by atoms with Gasteiger partial charge in [-0.3, -0.25) is 0 Å². The van der Waals surface area contributed by atoms with Crippen molar-refractivity contribution in [2.45, 2.75) is 25.3 Å². The molecule has 1 fully saturated rings. The number of nitriles is 2. The molecule has 1 aliphatic rings. The Hall–Kier alpha value is -2.01. The third-order valence-electron chi connectivity index (χ3n) is 2.37. The van der Waals surface area contributed by atoms with E-state index < -0.39 is 12.0 Å². The van der Waals surface area contributed by atoms with Crippen LogP contribution in [0, 0.1) is 22.7 Å². The normalized spacial score (nSPS) is 19.9. The monoisotopic (exact) mass is 205 g/mol.